The zero-order valence-electron chi connectivity index (χ0n) is 11.0. The molecule has 0 amide bonds. The molecule has 0 spiro atoms. The largest absolute Gasteiger partial charge is 0.400 e. The van der Waals surface area contributed by atoms with E-state index in [1.807, 2.05) is 0 Å². The van der Waals surface area contributed by atoms with Gasteiger partial charge in [0.15, 0.2) is 0 Å². The Bertz CT molecular complexity index is 156. The van der Waals surface area contributed by atoms with Crippen molar-refractivity contribution in [2.75, 3.05) is 21.3 Å². The first kappa shape index (κ1) is 25.2. The van der Waals surface area contributed by atoms with Crippen molar-refractivity contribution in [3.63, 3.8) is 0 Å². The van der Waals surface area contributed by atoms with Crippen LogP contribution in [0.5, 0.6) is 0 Å². The standard InChI is InChI=1S/C9H13.3CH4O.Zr/c1-3-8(2)9-6-4-5-7-9;3*1-2;/h4,6,8H,3,5H2,1-2H3;3*2H,1H3;/q-1;;;;. The summed E-state index contributed by atoms with van der Waals surface area (Å²) in [5, 5.41) is 21.0. The van der Waals surface area contributed by atoms with Crippen molar-refractivity contribution in [1.29, 1.82) is 0 Å². The Morgan fingerprint density at radius 3 is 1.88 bits per heavy atom. The zero-order chi connectivity index (χ0) is 12.7. The summed E-state index contributed by atoms with van der Waals surface area (Å²) in [6.45, 7) is 4.46. The molecular formula is C12H25O3Zr-. The SMILES string of the molecule is CCC(C)C1=[C-]CC=C1.CO.CO.CO.[Zr]. The summed E-state index contributed by atoms with van der Waals surface area (Å²) >= 11 is 0. The summed E-state index contributed by atoms with van der Waals surface area (Å²) in [6.07, 6.45) is 9.93. The van der Waals surface area contributed by atoms with E-state index in [0.717, 1.165) is 27.8 Å². The van der Waals surface area contributed by atoms with E-state index in [-0.39, 0.29) is 26.2 Å². The van der Waals surface area contributed by atoms with E-state index in [2.05, 4.69) is 32.1 Å². The number of hydrogen-bond donors (Lipinski definition) is 3. The molecule has 0 aromatic carbocycles. The normalized spacial score (nSPS) is 12.4. The summed E-state index contributed by atoms with van der Waals surface area (Å²) in [7, 11) is 3.00. The van der Waals surface area contributed by atoms with Gasteiger partial charge in [0.25, 0.3) is 0 Å². The molecule has 0 heterocycles. The van der Waals surface area contributed by atoms with Gasteiger partial charge in [0.1, 0.15) is 0 Å². The second-order valence-corrected chi connectivity index (χ2v) is 2.55. The first-order valence-corrected chi connectivity index (χ1v) is 4.96. The summed E-state index contributed by atoms with van der Waals surface area (Å²) in [6, 6.07) is 0. The van der Waals surface area contributed by atoms with E-state index in [1.54, 1.807) is 0 Å². The molecule has 0 aromatic heterocycles. The smallest absolute Gasteiger partial charge is 0.0319 e. The average molecular weight is 309 g/mol. The molecule has 0 saturated heterocycles. The summed E-state index contributed by atoms with van der Waals surface area (Å²) in [5.74, 6) is 0.712. The van der Waals surface area contributed by atoms with Gasteiger partial charge in [0.2, 0.25) is 0 Å². The van der Waals surface area contributed by atoms with Crippen LogP contribution in [0.2, 0.25) is 0 Å². The third-order valence-electron chi connectivity index (χ3n) is 1.86. The quantitative estimate of drug-likeness (QED) is 0.678. The van der Waals surface area contributed by atoms with Crippen molar-refractivity contribution >= 4 is 0 Å². The fraction of sp³-hybridized carbons (Fsp3) is 0.667. The molecule has 3 N–H and O–H groups in total. The molecular weight excluding hydrogens is 283 g/mol. The second-order valence-electron chi connectivity index (χ2n) is 2.55. The fourth-order valence-electron chi connectivity index (χ4n) is 0.980. The third-order valence-corrected chi connectivity index (χ3v) is 1.86. The average Bonchev–Trinajstić information content (AvgIpc) is 2.89. The predicted octanol–water partition coefficient (Wildman–Crippen LogP) is 1.54. The van der Waals surface area contributed by atoms with Crippen molar-refractivity contribution in [3.05, 3.63) is 23.8 Å². The molecule has 3 nitrogen and oxygen atoms in total. The van der Waals surface area contributed by atoms with Gasteiger partial charge in [-0.05, 0) is 0 Å². The van der Waals surface area contributed by atoms with Gasteiger partial charge in [-0.3, -0.25) is 6.08 Å². The molecule has 1 atom stereocenters. The molecule has 1 aliphatic carbocycles. The Balaban J connectivity index is -0.0000000900. The van der Waals surface area contributed by atoms with Gasteiger partial charge in [0, 0.05) is 47.5 Å². The van der Waals surface area contributed by atoms with Crippen LogP contribution in [0.1, 0.15) is 26.7 Å². The second kappa shape index (κ2) is 24.5. The summed E-state index contributed by atoms with van der Waals surface area (Å²) in [5.41, 5.74) is 1.40. The van der Waals surface area contributed by atoms with Gasteiger partial charge in [-0.2, -0.15) is 6.08 Å². The van der Waals surface area contributed by atoms with Crippen molar-refractivity contribution in [2.45, 2.75) is 26.7 Å². The van der Waals surface area contributed by atoms with Crippen LogP contribution in [-0.4, -0.2) is 36.6 Å². The topological polar surface area (TPSA) is 60.7 Å². The third kappa shape index (κ3) is 14.2. The molecule has 4 heteroatoms. The molecule has 1 rings (SSSR count). The van der Waals surface area contributed by atoms with E-state index in [4.69, 9.17) is 15.3 Å². The van der Waals surface area contributed by atoms with Crippen LogP contribution in [0, 0.1) is 12.0 Å². The van der Waals surface area contributed by atoms with Gasteiger partial charge < -0.3 is 15.3 Å². The van der Waals surface area contributed by atoms with Gasteiger partial charge >= 0.3 is 0 Å². The van der Waals surface area contributed by atoms with Crippen LogP contribution >= 0.6 is 0 Å². The van der Waals surface area contributed by atoms with Crippen LogP contribution in [0.25, 0.3) is 0 Å². The molecule has 1 aliphatic rings. The fourth-order valence-corrected chi connectivity index (χ4v) is 0.980. The van der Waals surface area contributed by atoms with Gasteiger partial charge in [-0.25, -0.2) is 11.6 Å². The molecule has 0 aliphatic heterocycles. The molecule has 96 valence electrons. The molecule has 16 heavy (non-hydrogen) atoms. The van der Waals surface area contributed by atoms with Crippen molar-refractivity contribution in [3.8, 4) is 0 Å². The Morgan fingerprint density at radius 2 is 1.62 bits per heavy atom. The molecule has 1 unspecified atom stereocenters. The van der Waals surface area contributed by atoms with E-state index < -0.39 is 0 Å². The van der Waals surface area contributed by atoms with E-state index in [0.29, 0.717) is 5.92 Å². The van der Waals surface area contributed by atoms with Crippen LogP contribution in [0.3, 0.4) is 0 Å². The Hall–Kier alpha value is 0.243. The van der Waals surface area contributed by atoms with Gasteiger partial charge in [-0.15, -0.1) is 6.42 Å². The molecule has 0 aromatic rings. The van der Waals surface area contributed by atoms with Crippen LogP contribution in [0.15, 0.2) is 17.7 Å². The minimum Gasteiger partial charge on any atom is -0.400 e. The predicted molar refractivity (Wildman–Crippen MR) is 64.4 cm³/mol. The number of rotatable bonds is 2. The van der Waals surface area contributed by atoms with E-state index in [9.17, 15) is 0 Å². The molecule has 0 radical (unpaired) electrons. The Labute approximate surface area is 119 Å². The van der Waals surface area contributed by atoms with Crippen LogP contribution < -0.4 is 0 Å². The van der Waals surface area contributed by atoms with Crippen molar-refractivity contribution < 1.29 is 41.5 Å². The Kier molecular flexibility index (Phi) is 38.5. The first-order chi connectivity index (χ1) is 7.34. The molecule has 0 bridgehead atoms. The summed E-state index contributed by atoms with van der Waals surface area (Å²) < 4.78 is 0. The van der Waals surface area contributed by atoms with E-state index >= 15 is 0 Å². The summed E-state index contributed by atoms with van der Waals surface area (Å²) in [4.78, 5) is 0. The molecule has 0 fully saturated rings. The minimum absolute atomic E-state index is 0. The maximum Gasteiger partial charge on any atom is 0.0319 e. The Morgan fingerprint density at radius 1 is 1.19 bits per heavy atom. The number of allylic oxidation sites excluding steroid dienone is 4. The maximum atomic E-state index is 7.00. The number of aliphatic hydroxyl groups excluding tert-OH is 3. The van der Waals surface area contributed by atoms with Gasteiger partial charge in [0.05, 0.1) is 0 Å². The number of aliphatic hydroxyl groups is 3. The van der Waals surface area contributed by atoms with Gasteiger partial charge in [-0.1, -0.05) is 26.2 Å². The monoisotopic (exact) mass is 307 g/mol. The zero-order valence-corrected chi connectivity index (χ0v) is 13.4. The maximum absolute atomic E-state index is 7.00. The number of hydrogen-bond acceptors (Lipinski definition) is 3. The van der Waals surface area contributed by atoms with Crippen LogP contribution in [-0.2, 0) is 26.2 Å². The van der Waals surface area contributed by atoms with E-state index in [1.165, 1.54) is 12.0 Å². The van der Waals surface area contributed by atoms with Crippen molar-refractivity contribution in [1.82, 2.24) is 0 Å². The first-order valence-electron chi connectivity index (χ1n) is 4.96. The molecule has 0 saturated carbocycles. The van der Waals surface area contributed by atoms with Crippen LogP contribution in [0.4, 0.5) is 0 Å². The van der Waals surface area contributed by atoms with Crippen molar-refractivity contribution in [2.24, 2.45) is 5.92 Å². The minimum atomic E-state index is 0.